The quantitative estimate of drug-likeness (QED) is 0.438. The number of thiophene rings is 1. The zero-order valence-corrected chi connectivity index (χ0v) is 17.1. The van der Waals surface area contributed by atoms with Crippen LogP contribution in [0.15, 0.2) is 83.3 Å². The maximum absolute atomic E-state index is 12.7. The molecule has 1 unspecified atom stereocenters. The van der Waals surface area contributed by atoms with Gasteiger partial charge >= 0.3 is 0 Å². The fourth-order valence-corrected chi connectivity index (χ4v) is 4.40. The van der Waals surface area contributed by atoms with Crippen LogP contribution in [0.5, 0.6) is 0 Å². The van der Waals surface area contributed by atoms with Gasteiger partial charge in [0.15, 0.2) is 0 Å². The fraction of sp³-hybridized carbons (Fsp3) is 0.143. The SMILES string of the molecule is O=C(CSc1nnnn1Cc1ccccc1)NC(c1ccccc1)c1cccs1. The van der Waals surface area contributed by atoms with E-state index in [1.54, 1.807) is 16.0 Å². The lowest BCUT2D eigenvalue weighted by molar-refractivity contribution is -0.119. The predicted molar refractivity (Wildman–Crippen MR) is 115 cm³/mol. The lowest BCUT2D eigenvalue weighted by atomic mass is 10.1. The highest BCUT2D eigenvalue weighted by atomic mass is 32.2. The van der Waals surface area contributed by atoms with E-state index in [0.29, 0.717) is 11.7 Å². The van der Waals surface area contributed by atoms with Crippen molar-refractivity contribution < 1.29 is 4.79 Å². The first-order chi connectivity index (χ1) is 14.3. The molecule has 146 valence electrons. The highest BCUT2D eigenvalue weighted by Gasteiger charge is 2.18. The average Bonchev–Trinajstić information content (AvgIpc) is 3.44. The molecular formula is C21H19N5OS2. The van der Waals surface area contributed by atoms with E-state index in [0.717, 1.165) is 16.0 Å². The average molecular weight is 422 g/mol. The van der Waals surface area contributed by atoms with E-state index < -0.39 is 0 Å². The highest BCUT2D eigenvalue weighted by molar-refractivity contribution is 7.99. The molecule has 6 nitrogen and oxygen atoms in total. The lowest BCUT2D eigenvalue weighted by Gasteiger charge is -2.18. The summed E-state index contributed by atoms with van der Waals surface area (Å²) in [5, 5.41) is 17.6. The van der Waals surface area contributed by atoms with Gasteiger partial charge in [-0.2, -0.15) is 0 Å². The van der Waals surface area contributed by atoms with Gasteiger partial charge in [0.2, 0.25) is 11.1 Å². The number of aromatic nitrogens is 4. The molecule has 2 aromatic heterocycles. The van der Waals surface area contributed by atoms with Crippen LogP contribution in [-0.4, -0.2) is 31.9 Å². The molecule has 0 aliphatic rings. The van der Waals surface area contributed by atoms with Crippen LogP contribution in [0.4, 0.5) is 0 Å². The van der Waals surface area contributed by atoms with Gasteiger partial charge in [0, 0.05) is 4.88 Å². The Kier molecular flexibility index (Phi) is 6.33. The maximum atomic E-state index is 12.7. The fourth-order valence-electron chi connectivity index (χ4n) is 2.91. The van der Waals surface area contributed by atoms with Crippen molar-refractivity contribution in [2.45, 2.75) is 17.7 Å². The number of rotatable bonds is 8. The molecule has 1 N–H and O–H groups in total. The van der Waals surface area contributed by atoms with Crippen LogP contribution in [0.25, 0.3) is 0 Å². The van der Waals surface area contributed by atoms with E-state index in [2.05, 4.69) is 20.8 Å². The number of amides is 1. The molecule has 0 saturated heterocycles. The van der Waals surface area contributed by atoms with Crippen LogP contribution in [0.1, 0.15) is 22.0 Å². The first kappa shape index (κ1) is 19.4. The van der Waals surface area contributed by atoms with Crippen molar-refractivity contribution in [3.8, 4) is 0 Å². The van der Waals surface area contributed by atoms with E-state index in [1.165, 1.54) is 11.8 Å². The Bertz CT molecular complexity index is 1040. The summed E-state index contributed by atoms with van der Waals surface area (Å²) >= 11 is 2.96. The number of thioether (sulfide) groups is 1. The summed E-state index contributed by atoms with van der Waals surface area (Å²) < 4.78 is 1.71. The van der Waals surface area contributed by atoms with E-state index in [-0.39, 0.29) is 17.7 Å². The van der Waals surface area contributed by atoms with Crippen molar-refractivity contribution in [3.63, 3.8) is 0 Å². The van der Waals surface area contributed by atoms with Crippen LogP contribution < -0.4 is 5.32 Å². The summed E-state index contributed by atoms with van der Waals surface area (Å²) in [5.74, 6) is 0.177. The van der Waals surface area contributed by atoms with Crippen molar-refractivity contribution >= 4 is 29.0 Å². The molecule has 0 spiro atoms. The van der Waals surface area contributed by atoms with Gasteiger partial charge in [-0.1, -0.05) is 78.5 Å². The largest absolute Gasteiger partial charge is 0.344 e. The molecule has 1 amide bonds. The zero-order valence-electron chi connectivity index (χ0n) is 15.5. The second kappa shape index (κ2) is 9.49. The topological polar surface area (TPSA) is 72.7 Å². The molecule has 0 fully saturated rings. The van der Waals surface area contributed by atoms with Gasteiger partial charge in [0.1, 0.15) is 0 Å². The van der Waals surface area contributed by atoms with Crippen LogP contribution in [0.3, 0.4) is 0 Å². The van der Waals surface area contributed by atoms with Gasteiger partial charge in [-0.25, -0.2) is 4.68 Å². The van der Waals surface area contributed by atoms with E-state index in [9.17, 15) is 4.79 Å². The summed E-state index contributed by atoms with van der Waals surface area (Å²) in [6.07, 6.45) is 0. The molecule has 0 aliphatic carbocycles. The van der Waals surface area contributed by atoms with Gasteiger partial charge in [0.05, 0.1) is 18.3 Å². The number of hydrogen-bond acceptors (Lipinski definition) is 6. The van der Waals surface area contributed by atoms with Gasteiger partial charge in [-0.3, -0.25) is 4.79 Å². The zero-order chi connectivity index (χ0) is 19.9. The monoisotopic (exact) mass is 421 g/mol. The van der Waals surface area contributed by atoms with E-state index >= 15 is 0 Å². The standard InChI is InChI=1S/C21H19N5OS2/c27-19(22-20(18-12-7-13-28-18)17-10-5-2-6-11-17)15-29-21-23-24-25-26(21)14-16-8-3-1-4-9-16/h1-13,20H,14-15H2,(H,22,27). The van der Waals surface area contributed by atoms with Gasteiger partial charge in [0.25, 0.3) is 0 Å². The van der Waals surface area contributed by atoms with Crippen molar-refractivity contribution in [3.05, 3.63) is 94.2 Å². The minimum Gasteiger partial charge on any atom is -0.344 e. The summed E-state index contributed by atoms with van der Waals surface area (Å²) in [4.78, 5) is 13.8. The van der Waals surface area contributed by atoms with E-state index in [1.807, 2.05) is 78.2 Å². The van der Waals surface area contributed by atoms with Gasteiger partial charge in [-0.05, 0) is 33.0 Å². The number of benzene rings is 2. The second-order valence-corrected chi connectivity index (χ2v) is 8.24. The normalized spacial score (nSPS) is 11.9. The molecule has 1 atom stereocenters. The molecule has 8 heteroatoms. The third-order valence-electron chi connectivity index (χ3n) is 4.27. The Morgan fingerprint density at radius 2 is 1.79 bits per heavy atom. The van der Waals surface area contributed by atoms with Crippen LogP contribution in [-0.2, 0) is 11.3 Å². The number of carbonyl (C=O) groups is 1. The number of carbonyl (C=O) groups excluding carboxylic acids is 1. The summed E-state index contributed by atoms with van der Waals surface area (Å²) in [6, 6.07) is 23.8. The van der Waals surface area contributed by atoms with Gasteiger partial charge in [-0.15, -0.1) is 16.4 Å². The third kappa shape index (κ3) is 5.10. The summed E-state index contributed by atoms with van der Waals surface area (Å²) in [5.41, 5.74) is 2.16. The number of nitrogens with one attached hydrogen (secondary N) is 1. The van der Waals surface area contributed by atoms with E-state index in [4.69, 9.17) is 0 Å². The number of hydrogen-bond donors (Lipinski definition) is 1. The molecule has 0 bridgehead atoms. The Morgan fingerprint density at radius 1 is 1.03 bits per heavy atom. The number of tetrazole rings is 1. The second-order valence-electron chi connectivity index (χ2n) is 6.32. The third-order valence-corrected chi connectivity index (χ3v) is 6.17. The molecule has 4 rings (SSSR count). The molecule has 2 aromatic carbocycles. The molecule has 2 heterocycles. The molecule has 0 saturated carbocycles. The Morgan fingerprint density at radius 3 is 2.52 bits per heavy atom. The predicted octanol–water partition coefficient (Wildman–Crippen LogP) is 3.78. The maximum Gasteiger partial charge on any atom is 0.231 e. The molecule has 4 aromatic rings. The molecular weight excluding hydrogens is 402 g/mol. The molecule has 0 radical (unpaired) electrons. The molecule has 29 heavy (non-hydrogen) atoms. The minimum absolute atomic E-state index is 0.0634. The Labute approximate surface area is 177 Å². The number of nitrogens with zero attached hydrogens (tertiary/aromatic N) is 4. The Balaban J connectivity index is 1.40. The van der Waals surface area contributed by atoms with Crippen molar-refractivity contribution in [1.29, 1.82) is 0 Å². The first-order valence-electron chi connectivity index (χ1n) is 9.10. The molecule has 0 aliphatic heterocycles. The van der Waals surface area contributed by atoms with Crippen LogP contribution in [0, 0.1) is 0 Å². The Hall–Kier alpha value is -2.97. The highest BCUT2D eigenvalue weighted by Crippen LogP contribution is 2.26. The minimum atomic E-state index is -0.162. The summed E-state index contributed by atoms with van der Waals surface area (Å²) in [6.45, 7) is 0.569. The first-order valence-corrected chi connectivity index (χ1v) is 11.0. The van der Waals surface area contributed by atoms with Crippen LogP contribution in [0.2, 0.25) is 0 Å². The van der Waals surface area contributed by atoms with Crippen molar-refractivity contribution in [2.75, 3.05) is 5.75 Å². The van der Waals surface area contributed by atoms with Crippen molar-refractivity contribution in [2.24, 2.45) is 0 Å². The van der Waals surface area contributed by atoms with Gasteiger partial charge < -0.3 is 5.32 Å². The smallest absolute Gasteiger partial charge is 0.231 e. The van der Waals surface area contributed by atoms with Crippen LogP contribution >= 0.6 is 23.1 Å². The van der Waals surface area contributed by atoms with Crippen molar-refractivity contribution in [1.82, 2.24) is 25.5 Å². The summed E-state index contributed by atoms with van der Waals surface area (Å²) in [7, 11) is 0. The lowest BCUT2D eigenvalue weighted by Crippen LogP contribution is -2.30.